The van der Waals surface area contributed by atoms with E-state index in [4.69, 9.17) is 0 Å². The highest BCUT2D eigenvalue weighted by Gasteiger charge is 2.05. The summed E-state index contributed by atoms with van der Waals surface area (Å²) in [5, 5.41) is 9.97. The van der Waals surface area contributed by atoms with Crippen molar-refractivity contribution in [3.63, 3.8) is 0 Å². The number of hydrogen-bond donors (Lipinski definition) is 2. The van der Waals surface area contributed by atoms with E-state index in [0.717, 1.165) is 15.9 Å². The number of aromatic nitrogens is 4. The van der Waals surface area contributed by atoms with E-state index in [1.165, 1.54) is 0 Å². The van der Waals surface area contributed by atoms with Crippen LogP contribution < -0.4 is 5.32 Å². The average Bonchev–Trinajstić information content (AvgIpc) is 2.67. The van der Waals surface area contributed by atoms with Crippen LogP contribution in [0.4, 0.5) is 0 Å². The van der Waals surface area contributed by atoms with Crippen LogP contribution in [0.2, 0.25) is 0 Å². The summed E-state index contributed by atoms with van der Waals surface area (Å²) >= 11 is 3.36. The van der Waals surface area contributed by atoms with Crippen molar-refractivity contribution in [1.29, 1.82) is 0 Å². The predicted octanol–water partition coefficient (Wildman–Crippen LogP) is 1.35. The Balaban J connectivity index is 2.29. The molecule has 0 saturated carbocycles. The second kappa shape index (κ2) is 4.50. The van der Waals surface area contributed by atoms with Crippen LogP contribution in [0, 0.1) is 0 Å². The molecule has 0 bridgehead atoms. The molecular formula is C9H10BrN5. The first-order chi connectivity index (χ1) is 7.29. The fourth-order valence-corrected chi connectivity index (χ4v) is 1.57. The second-order valence-corrected chi connectivity index (χ2v) is 3.94. The van der Waals surface area contributed by atoms with E-state index in [1.807, 2.05) is 13.1 Å². The van der Waals surface area contributed by atoms with Crippen molar-refractivity contribution >= 4 is 15.9 Å². The summed E-state index contributed by atoms with van der Waals surface area (Å²) in [6.45, 7) is 0.675. The van der Waals surface area contributed by atoms with Crippen LogP contribution in [0.5, 0.6) is 0 Å². The van der Waals surface area contributed by atoms with E-state index in [9.17, 15) is 0 Å². The molecule has 6 heteroatoms. The molecule has 2 aromatic rings. The summed E-state index contributed by atoms with van der Waals surface area (Å²) in [4.78, 5) is 8.38. The maximum absolute atomic E-state index is 4.32. The first-order valence-corrected chi connectivity index (χ1v) is 5.25. The maximum atomic E-state index is 4.32. The lowest BCUT2D eigenvalue weighted by atomic mass is 10.3. The SMILES string of the molecule is CNCc1nc(-c2cncc(Br)c2)n[nH]1. The minimum absolute atomic E-state index is 0.661. The number of rotatable bonds is 3. The molecule has 2 heterocycles. The van der Waals surface area contributed by atoms with Crippen LogP contribution in [0.3, 0.4) is 0 Å². The Bertz CT molecular complexity index is 453. The van der Waals surface area contributed by atoms with Gasteiger partial charge in [-0.2, -0.15) is 5.10 Å². The van der Waals surface area contributed by atoms with Crippen molar-refractivity contribution in [2.24, 2.45) is 0 Å². The Morgan fingerprint density at radius 2 is 2.33 bits per heavy atom. The Morgan fingerprint density at radius 1 is 1.47 bits per heavy atom. The quantitative estimate of drug-likeness (QED) is 0.881. The van der Waals surface area contributed by atoms with Gasteiger partial charge in [0.1, 0.15) is 5.82 Å². The van der Waals surface area contributed by atoms with Gasteiger partial charge < -0.3 is 5.32 Å². The van der Waals surface area contributed by atoms with Crippen LogP contribution in [-0.4, -0.2) is 27.2 Å². The van der Waals surface area contributed by atoms with E-state index >= 15 is 0 Å². The Hall–Kier alpha value is -1.27. The number of aromatic amines is 1. The monoisotopic (exact) mass is 267 g/mol. The standard InChI is InChI=1S/C9H10BrN5/c1-11-5-8-13-9(15-14-8)6-2-7(10)4-12-3-6/h2-4,11H,5H2,1H3,(H,13,14,15). The van der Waals surface area contributed by atoms with E-state index < -0.39 is 0 Å². The van der Waals surface area contributed by atoms with Crippen molar-refractivity contribution in [3.8, 4) is 11.4 Å². The van der Waals surface area contributed by atoms with Gasteiger partial charge in [-0.3, -0.25) is 10.1 Å². The molecular weight excluding hydrogens is 258 g/mol. The van der Waals surface area contributed by atoms with Gasteiger partial charge in [0.25, 0.3) is 0 Å². The molecule has 0 atom stereocenters. The highest BCUT2D eigenvalue weighted by molar-refractivity contribution is 9.10. The summed E-state index contributed by atoms with van der Waals surface area (Å²) in [6, 6.07) is 1.93. The molecule has 2 N–H and O–H groups in total. The highest BCUT2D eigenvalue weighted by Crippen LogP contribution is 2.17. The van der Waals surface area contributed by atoms with Crippen LogP contribution in [-0.2, 0) is 6.54 Å². The molecule has 5 nitrogen and oxygen atoms in total. The number of nitrogens with one attached hydrogen (secondary N) is 2. The van der Waals surface area contributed by atoms with Gasteiger partial charge in [0.15, 0.2) is 5.82 Å². The molecule has 0 aliphatic carbocycles. The lowest BCUT2D eigenvalue weighted by Gasteiger charge is -1.94. The Kier molecular flexibility index (Phi) is 3.08. The maximum Gasteiger partial charge on any atom is 0.182 e. The van der Waals surface area contributed by atoms with E-state index in [1.54, 1.807) is 12.4 Å². The molecule has 0 amide bonds. The topological polar surface area (TPSA) is 66.5 Å². The molecule has 0 aliphatic heterocycles. The van der Waals surface area contributed by atoms with Gasteiger partial charge in [0.2, 0.25) is 0 Å². The first kappa shape index (κ1) is 10.3. The van der Waals surface area contributed by atoms with Crippen molar-refractivity contribution in [2.75, 3.05) is 7.05 Å². The lowest BCUT2D eigenvalue weighted by molar-refractivity contribution is 0.763. The van der Waals surface area contributed by atoms with Crippen molar-refractivity contribution in [3.05, 3.63) is 28.8 Å². The molecule has 0 aromatic carbocycles. The van der Waals surface area contributed by atoms with Crippen LogP contribution in [0.1, 0.15) is 5.82 Å². The van der Waals surface area contributed by atoms with Gasteiger partial charge in [0.05, 0.1) is 6.54 Å². The largest absolute Gasteiger partial charge is 0.313 e. The van der Waals surface area contributed by atoms with E-state index in [2.05, 4.69) is 41.4 Å². The van der Waals surface area contributed by atoms with Crippen LogP contribution in [0.15, 0.2) is 22.9 Å². The molecule has 0 fully saturated rings. The molecule has 78 valence electrons. The third kappa shape index (κ3) is 2.40. The molecule has 0 radical (unpaired) electrons. The minimum atomic E-state index is 0.661. The van der Waals surface area contributed by atoms with Gasteiger partial charge in [0, 0.05) is 22.4 Å². The minimum Gasteiger partial charge on any atom is -0.313 e. The first-order valence-electron chi connectivity index (χ1n) is 4.46. The Morgan fingerprint density at radius 3 is 3.07 bits per heavy atom. The smallest absolute Gasteiger partial charge is 0.182 e. The second-order valence-electron chi connectivity index (χ2n) is 3.03. The van der Waals surface area contributed by atoms with Gasteiger partial charge >= 0.3 is 0 Å². The number of hydrogen-bond acceptors (Lipinski definition) is 4. The molecule has 0 aliphatic rings. The van der Waals surface area contributed by atoms with Gasteiger partial charge in [-0.1, -0.05) is 0 Å². The average molecular weight is 268 g/mol. The van der Waals surface area contributed by atoms with Gasteiger partial charge in [-0.15, -0.1) is 0 Å². The lowest BCUT2D eigenvalue weighted by Crippen LogP contribution is -2.06. The fourth-order valence-electron chi connectivity index (χ4n) is 1.21. The molecule has 2 aromatic heterocycles. The fraction of sp³-hybridized carbons (Fsp3) is 0.222. The van der Waals surface area contributed by atoms with Crippen molar-refractivity contribution in [2.45, 2.75) is 6.54 Å². The van der Waals surface area contributed by atoms with Crippen LogP contribution in [0.25, 0.3) is 11.4 Å². The normalized spacial score (nSPS) is 10.5. The van der Waals surface area contributed by atoms with E-state index in [-0.39, 0.29) is 0 Å². The molecule has 0 unspecified atom stereocenters. The zero-order chi connectivity index (χ0) is 10.7. The van der Waals surface area contributed by atoms with Gasteiger partial charge in [-0.25, -0.2) is 4.98 Å². The third-order valence-electron chi connectivity index (χ3n) is 1.84. The summed E-state index contributed by atoms with van der Waals surface area (Å²) in [5.41, 5.74) is 0.892. The zero-order valence-corrected chi connectivity index (χ0v) is 9.74. The summed E-state index contributed by atoms with van der Waals surface area (Å²) < 4.78 is 0.917. The van der Waals surface area contributed by atoms with E-state index in [0.29, 0.717) is 12.4 Å². The molecule has 15 heavy (non-hydrogen) atoms. The number of H-pyrrole nitrogens is 1. The van der Waals surface area contributed by atoms with Crippen LogP contribution >= 0.6 is 15.9 Å². The van der Waals surface area contributed by atoms with Crippen molar-refractivity contribution in [1.82, 2.24) is 25.5 Å². The Labute approximate surface area is 95.5 Å². The zero-order valence-electron chi connectivity index (χ0n) is 8.16. The van der Waals surface area contributed by atoms with Crippen molar-refractivity contribution < 1.29 is 0 Å². The summed E-state index contributed by atoms with van der Waals surface area (Å²) in [6.07, 6.45) is 3.46. The third-order valence-corrected chi connectivity index (χ3v) is 2.27. The summed E-state index contributed by atoms with van der Waals surface area (Å²) in [7, 11) is 1.86. The summed E-state index contributed by atoms with van der Waals surface area (Å²) in [5.74, 6) is 1.47. The molecule has 0 spiro atoms. The predicted molar refractivity (Wildman–Crippen MR) is 60.1 cm³/mol. The highest BCUT2D eigenvalue weighted by atomic mass is 79.9. The number of pyridine rings is 1. The number of nitrogens with zero attached hydrogens (tertiary/aromatic N) is 3. The number of halogens is 1. The molecule has 2 rings (SSSR count). The molecule has 0 saturated heterocycles. The van der Waals surface area contributed by atoms with Gasteiger partial charge in [-0.05, 0) is 29.0 Å².